The van der Waals surface area contributed by atoms with E-state index >= 15 is 0 Å². The second kappa shape index (κ2) is 10.5. The normalized spacial score (nSPS) is 9.71. The van der Waals surface area contributed by atoms with Crippen LogP contribution in [0.2, 0.25) is 0 Å². The minimum absolute atomic E-state index is 0. The van der Waals surface area contributed by atoms with Crippen molar-refractivity contribution in [3.8, 4) is 0 Å². The molecule has 0 atom stereocenters. The Kier molecular flexibility index (Phi) is 9.48. The maximum Gasteiger partial charge on any atom is 0.336 e. The van der Waals surface area contributed by atoms with Crippen molar-refractivity contribution in [2.45, 2.75) is 0 Å². The zero-order valence-corrected chi connectivity index (χ0v) is 18.8. The van der Waals surface area contributed by atoms with Crippen LogP contribution in [0.1, 0.15) is 10.4 Å². The van der Waals surface area contributed by atoms with Crippen molar-refractivity contribution in [3.63, 3.8) is 0 Å². The number of carboxylic acid groups (broad SMARTS) is 1. The van der Waals surface area contributed by atoms with Crippen molar-refractivity contribution < 1.29 is 9.90 Å². The molecule has 24 heavy (non-hydrogen) atoms. The summed E-state index contributed by atoms with van der Waals surface area (Å²) in [5, 5.41) is 12.7. The molecule has 0 saturated carbocycles. The van der Waals surface area contributed by atoms with E-state index in [-0.39, 0.29) is 59.1 Å². The summed E-state index contributed by atoms with van der Waals surface area (Å²) in [6, 6.07) is 27.5. The van der Waals surface area contributed by atoms with E-state index in [4.69, 9.17) is 0 Å². The molecule has 0 aliphatic rings. The molecule has 2 nitrogen and oxygen atoms in total. The quantitative estimate of drug-likeness (QED) is 0.578. The first-order chi connectivity index (χ1) is 10.8. The van der Waals surface area contributed by atoms with E-state index < -0.39 is 13.9 Å². The number of benzene rings is 3. The third-order valence-electron chi connectivity index (χ3n) is 3.40. The van der Waals surface area contributed by atoms with Gasteiger partial charge in [-0.15, -0.1) is 0 Å². The molecule has 0 heterocycles. The second-order valence-corrected chi connectivity index (χ2v) is 7.01. The molecule has 0 aromatic heterocycles. The fraction of sp³-hybridized carbons (Fsp3) is 0. The van der Waals surface area contributed by atoms with Crippen LogP contribution >= 0.6 is 7.92 Å². The molecule has 110 valence electrons. The van der Waals surface area contributed by atoms with Crippen LogP contribution in [0.15, 0.2) is 84.9 Å². The van der Waals surface area contributed by atoms with Gasteiger partial charge in [-0.1, -0.05) is 78.9 Å². The predicted molar refractivity (Wildman–Crippen MR) is 104 cm³/mol. The van der Waals surface area contributed by atoms with E-state index in [0.29, 0.717) is 5.56 Å². The summed E-state index contributed by atoms with van der Waals surface area (Å²) in [5.41, 5.74) is 0.376. The molecule has 0 aliphatic heterocycles. The molecule has 0 unspecified atom stereocenters. The van der Waals surface area contributed by atoms with Crippen LogP contribution < -0.4 is 15.9 Å². The number of carboxylic acids is 1. The van der Waals surface area contributed by atoms with Crippen LogP contribution in [-0.4, -0.2) is 70.2 Å². The Morgan fingerprint density at radius 3 is 1.54 bits per heavy atom. The predicted octanol–water partition coefficient (Wildman–Crippen LogP) is 2.38. The first kappa shape index (κ1) is 21.6. The van der Waals surface area contributed by atoms with Gasteiger partial charge in [-0.25, -0.2) is 4.79 Å². The number of aromatic carboxylic acids is 1. The van der Waals surface area contributed by atoms with Gasteiger partial charge in [-0.3, -0.25) is 0 Å². The third-order valence-corrected chi connectivity index (χ3v) is 5.91. The fourth-order valence-corrected chi connectivity index (χ4v) is 4.87. The van der Waals surface area contributed by atoms with Gasteiger partial charge in [0, 0.05) is 59.1 Å². The van der Waals surface area contributed by atoms with Gasteiger partial charge in [-0.05, 0) is 29.9 Å². The minimum Gasteiger partial charge on any atom is -0.478 e. The van der Waals surface area contributed by atoms with Crippen LogP contribution in [0, 0.1) is 0 Å². The van der Waals surface area contributed by atoms with Crippen molar-refractivity contribution in [2.75, 3.05) is 0 Å². The van der Waals surface area contributed by atoms with Crippen LogP contribution in [0.25, 0.3) is 0 Å². The molecule has 0 saturated heterocycles. The van der Waals surface area contributed by atoms with Crippen LogP contribution in [-0.2, 0) is 0 Å². The standard InChI is InChI=1S/C19H15O2P.2Na/c20-19(21)17-13-7-8-14-18(17)22(15-9-3-1-4-10-15)16-11-5-2-6-12-16;;/h1-14H,(H,20,21);;. The molecule has 3 rings (SSSR count). The molecule has 2 radical (unpaired) electrons. The molecule has 3 aromatic carbocycles. The Morgan fingerprint density at radius 1 is 0.667 bits per heavy atom. The van der Waals surface area contributed by atoms with Crippen molar-refractivity contribution in [3.05, 3.63) is 90.5 Å². The summed E-state index contributed by atoms with van der Waals surface area (Å²) in [7, 11) is -0.880. The van der Waals surface area contributed by atoms with Crippen LogP contribution in [0.3, 0.4) is 0 Å². The maximum atomic E-state index is 11.6. The van der Waals surface area contributed by atoms with Gasteiger partial charge in [0.05, 0.1) is 5.56 Å². The Balaban J connectivity index is 0.00000144. The van der Waals surface area contributed by atoms with Crippen molar-refractivity contribution >= 4 is 88.9 Å². The van der Waals surface area contributed by atoms with Gasteiger partial charge in [-0.2, -0.15) is 0 Å². The summed E-state index contributed by atoms with van der Waals surface area (Å²) in [4.78, 5) is 11.6. The number of carbonyl (C=O) groups is 1. The maximum absolute atomic E-state index is 11.6. The van der Waals surface area contributed by atoms with Crippen LogP contribution in [0.4, 0.5) is 0 Å². The van der Waals surface area contributed by atoms with Crippen molar-refractivity contribution in [1.82, 2.24) is 0 Å². The zero-order chi connectivity index (χ0) is 15.4. The number of rotatable bonds is 4. The van der Waals surface area contributed by atoms with Gasteiger partial charge >= 0.3 is 5.97 Å². The van der Waals surface area contributed by atoms with Gasteiger partial charge in [0.2, 0.25) is 0 Å². The van der Waals surface area contributed by atoms with Gasteiger partial charge < -0.3 is 5.11 Å². The molecule has 0 fully saturated rings. The smallest absolute Gasteiger partial charge is 0.336 e. The second-order valence-electron chi connectivity index (χ2n) is 4.83. The van der Waals surface area contributed by atoms with Gasteiger partial charge in [0.25, 0.3) is 0 Å². The van der Waals surface area contributed by atoms with E-state index in [1.54, 1.807) is 12.1 Å². The SMILES string of the molecule is O=C(O)c1ccccc1P(c1ccccc1)c1ccccc1.[Na].[Na]. The summed E-state index contributed by atoms with van der Waals surface area (Å²) in [5.74, 6) is -0.880. The van der Waals surface area contributed by atoms with Gasteiger partial charge in [0.1, 0.15) is 0 Å². The van der Waals surface area contributed by atoms with E-state index in [2.05, 4.69) is 24.3 Å². The Labute approximate surface area is 187 Å². The zero-order valence-electron chi connectivity index (χ0n) is 13.9. The molecule has 0 bridgehead atoms. The molecular formula is C19H15Na2O2P. The molecular weight excluding hydrogens is 337 g/mol. The largest absolute Gasteiger partial charge is 0.478 e. The van der Waals surface area contributed by atoms with Crippen LogP contribution in [0.5, 0.6) is 0 Å². The molecule has 0 aliphatic carbocycles. The van der Waals surface area contributed by atoms with Gasteiger partial charge in [0.15, 0.2) is 0 Å². The van der Waals surface area contributed by atoms with E-state index in [9.17, 15) is 9.90 Å². The summed E-state index contributed by atoms with van der Waals surface area (Å²) in [6.07, 6.45) is 0. The third kappa shape index (κ3) is 5.03. The monoisotopic (exact) mass is 352 g/mol. The number of hydrogen-bond acceptors (Lipinski definition) is 1. The van der Waals surface area contributed by atoms with Crippen molar-refractivity contribution in [2.24, 2.45) is 0 Å². The average Bonchev–Trinajstić information content (AvgIpc) is 2.57. The molecule has 1 N–H and O–H groups in total. The molecule has 0 spiro atoms. The summed E-state index contributed by atoms with van der Waals surface area (Å²) < 4.78 is 0. The average molecular weight is 352 g/mol. The summed E-state index contributed by atoms with van der Waals surface area (Å²) >= 11 is 0. The van der Waals surface area contributed by atoms with Crippen molar-refractivity contribution in [1.29, 1.82) is 0 Å². The summed E-state index contributed by atoms with van der Waals surface area (Å²) in [6.45, 7) is 0. The molecule has 0 amide bonds. The molecule has 5 heteroatoms. The van der Waals surface area contributed by atoms with E-state index in [1.807, 2.05) is 48.5 Å². The fourth-order valence-electron chi connectivity index (χ4n) is 2.43. The first-order valence-corrected chi connectivity index (χ1v) is 8.34. The number of hydrogen-bond donors (Lipinski definition) is 1. The van der Waals surface area contributed by atoms with E-state index in [1.165, 1.54) is 0 Å². The Morgan fingerprint density at radius 2 is 1.08 bits per heavy atom. The topological polar surface area (TPSA) is 37.3 Å². The molecule has 3 aromatic rings. The van der Waals surface area contributed by atoms with E-state index in [0.717, 1.165) is 15.9 Å². The Bertz CT molecular complexity index is 740. The first-order valence-electron chi connectivity index (χ1n) is 7.00. The minimum atomic E-state index is -0.880. The Hall–Kier alpha value is -0.440.